The van der Waals surface area contributed by atoms with Crippen LogP contribution in [0, 0.1) is 0 Å². The zero-order chi connectivity index (χ0) is 9.84. The third kappa shape index (κ3) is 2.24. The third-order valence-electron chi connectivity index (χ3n) is 1.92. The van der Waals surface area contributed by atoms with Gasteiger partial charge in [0.15, 0.2) is 0 Å². The molecule has 1 aromatic rings. The first-order valence-corrected chi connectivity index (χ1v) is 4.18. The van der Waals surface area contributed by atoms with E-state index in [1.807, 2.05) is 6.92 Å². The first-order chi connectivity index (χ1) is 6.15. The van der Waals surface area contributed by atoms with Gasteiger partial charge in [0.05, 0.1) is 11.6 Å². The Morgan fingerprint density at radius 2 is 2.31 bits per heavy atom. The molecule has 0 aliphatic carbocycles. The zero-order valence-corrected chi connectivity index (χ0v) is 7.69. The molecule has 0 aliphatic rings. The molecular weight excluding hydrogens is 168 g/mol. The van der Waals surface area contributed by atoms with Crippen LogP contribution in [0.4, 0.5) is 0 Å². The first kappa shape index (κ1) is 9.64. The van der Waals surface area contributed by atoms with Crippen LogP contribution in [0.2, 0.25) is 0 Å². The number of aryl methyl sites for hydroxylation is 1. The molecule has 4 nitrogen and oxygen atoms in total. The number of carbonyl (C=O) groups is 1. The number of hydrogen-bond acceptors (Lipinski definition) is 3. The number of rotatable bonds is 3. The van der Waals surface area contributed by atoms with Crippen LogP contribution in [0.1, 0.15) is 31.2 Å². The van der Waals surface area contributed by atoms with Crippen molar-refractivity contribution in [2.24, 2.45) is 0 Å². The molecule has 0 saturated heterocycles. The fraction of sp³-hybridized carbons (Fsp3) is 0.444. The van der Waals surface area contributed by atoms with Crippen molar-refractivity contribution in [2.75, 3.05) is 0 Å². The lowest BCUT2D eigenvalue weighted by Crippen LogP contribution is -2.10. The first-order valence-electron chi connectivity index (χ1n) is 4.18. The second-order valence-electron chi connectivity index (χ2n) is 2.85. The maximum Gasteiger partial charge on any atom is 0.312 e. The molecule has 4 heteroatoms. The van der Waals surface area contributed by atoms with E-state index >= 15 is 0 Å². The van der Waals surface area contributed by atoms with Crippen LogP contribution in [-0.4, -0.2) is 21.0 Å². The van der Waals surface area contributed by atoms with Crippen molar-refractivity contribution >= 4 is 5.97 Å². The topological polar surface area (TPSA) is 63.1 Å². The van der Waals surface area contributed by atoms with Gasteiger partial charge in [0.1, 0.15) is 6.33 Å². The number of hydrogen-bond donors (Lipinski definition) is 1. The summed E-state index contributed by atoms with van der Waals surface area (Å²) >= 11 is 0. The Labute approximate surface area is 76.7 Å². The molecule has 0 radical (unpaired) electrons. The van der Waals surface area contributed by atoms with E-state index in [2.05, 4.69) is 9.97 Å². The second-order valence-corrected chi connectivity index (χ2v) is 2.85. The van der Waals surface area contributed by atoms with Gasteiger partial charge >= 0.3 is 5.97 Å². The van der Waals surface area contributed by atoms with Crippen LogP contribution in [-0.2, 0) is 11.2 Å². The maximum absolute atomic E-state index is 10.6. The van der Waals surface area contributed by atoms with E-state index in [4.69, 9.17) is 5.11 Å². The van der Waals surface area contributed by atoms with Gasteiger partial charge in [-0.15, -0.1) is 0 Å². The van der Waals surface area contributed by atoms with Crippen LogP contribution in [0.25, 0.3) is 0 Å². The lowest BCUT2D eigenvalue weighted by atomic mass is 10.1. The molecule has 0 aliphatic heterocycles. The minimum absolute atomic E-state index is 0.562. The molecule has 70 valence electrons. The molecule has 0 bridgehead atoms. The quantitative estimate of drug-likeness (QED) is 0.759. The van der Waals surface area contributed by atoms with Crippen molar-refractivity contribution in [1.29, 1.82) is 0 Å². The van der Waals surface area contributed by atoms with Gasteiger partial charge in [0, 0.05) is 5.69 Å². The van der Waals surface area contributed by atoms with Gasteiger partial charge in [-0.1, -0.05) is 6.92 Å². The Kier molecular flexibility index (Phi) is 2.95. The molecule has 0 aromatic carbocycles. The van der Waals surface area contributed by atoms with E-state index in [1.54, 1.807) is 13.0 Å². The standard InChI is InChI=1S/C9H12N2O2/c1-3-7-4-8(11-5-10-7)6(2)9(12)13/h4-6H,3H2,1-2H3,(H,12,13). The molecule has 0 fully saturated rings. The van der Waals surface area contributed by atoms with Crippen molar-refractivity contribution < 1.29 is 9.90 Å². The fourth-order valence-electron chi connectivity index (χ4n) is 0.972. The molecule has 1 unspecified atom stereocenters. The predicted molar refractivity (Wildman–Crippen MR) is 47.5 cm³/mol. The van der Waals surface area contributed by atoms with E-state index in [9.17, 15) is 4.79 Å². The molecule has 1 N–H and O–H groups in total. The van der Waals surface area contributed by atoms with E-state index in [0.717, 1.165) is 12.1 Å². The number of carboxylic acids is 1. The molecule has 1 aromatic heterocycles. The van der Waals surface area contributed by atoms with Crippen LogP contribution in [0.15, 0.2) is 12.4 Å². The van der Waals surface area contributed by atoms with Gasteiger partial charge in [-0.25, -0.2) is 9.97 Å². The summed E-state index contributed by atoms with van der Waals surface area (Å²) in [6, 6.07) is 1.73. The van der Waals surface area contributed by atoms with Gasteiger partial charge in [-0.2, -0.15) is 0 Å². The maximum atomic E-state index is 10.6. The van der Waals surface area contributed by atoms with E-state index in [1.165, 1.54) is 6.33 Å². The number of nitrogens with zero attached hydrogens (tertiary/aromatic N) is 2. The summed E-state index contributed by atoms with van der Waals surface area (Å²) < 4.78 is 0. The highest BCUT2D eigenvalue weighted by Crippen LogP contribution is 2.12. The Hall–Kier alpha value is -1.45. The molecule has 0 amide bonds. The Balaban J connectivity index is 2.94. The zero-order valence-electron chi connectivity index (χ0n) is 7.69. The molecule has 1 heterocycles. The molecule has 0 saturated carbocycles. The number of aliphatic carboxylic acids is 1. The lowest BCUT2D eigenvalue weighted by Gasteiger charge is -2.05. The molecule has 1 atom stereocenters. The summed E-state index contributed by atoms with van der Waals surface area (Å²) in [4.78, 5) is 18.6. The highest BCUT2D eigenvalue weighted by molar-refractivity contribution is 5.74. The minimum Gasteiger partial charge on any atom is -0.481 e. The van der Waals surface area contributed by atoms with E-state index in [-0.39, 0.29) is 0 Å². The van der Waals surface area contributed by atoms with E-state index in [0.29, 0.717) is 5.69 Å². The van der Waals surface area contributed by atoms with Crippen LogP contribution >= 0.6 is 0 Å². The summed E-state index contributed by atoms with van der Waals surface area (Å²) in [6.45, 7) is 3.58. The molecular formula is C9H12N2O2. The summed E-state index contributed by atoms with van der Waals surface area (Å²) in [7, 11) is 0. The molecule has 13 heavy (non-hydrogen) atoms. The molecule has 0 spiro atoms. The average molecular weight is 180 g/mol. The smallest absolute Gasteiger partial charge is 0.312 e. The summed E-state index contributed by atoms with van der Waals surface area (Å²) in [5.41, 5.74) is 1.44. The largest absolute Gasteiger partial charge is 0.481 e. The van der Waals surface area contributed by atoms with Gasteiger partial charge in [0.2, 0.25) is 0 Å². The van der Waals surface area contributed by atoms with E-state index < -0.39 is 11.9 Å². The monoisotopic (exact) mass is 180 g/mol. The summed E-state index contributed by atoms with van der Waals surface area (Å²) in [5, 5.41) is 8.74. The van der Waals surface area contributed by atoms with Crippen LogP contribution < -0.4 is 0 Å². The van der Waals surface area contributed by atoms with Gasteiger partial charge in [-0.05, 0) is 19.4 Å². The lowest BCUT2D eigenvalue weighted by molar-refractivity contribution is -0.138. The minimum atomic E-state index is -0.860. The van der Waals surface area contributed by atoms with Crippen molar-refractivity contribution in [2.45, 2.75) is 26.2 Å². The number of carboxylic acid groups (broad SMARTS) is 1. The van der Waals surface area contributed by atoms with Gasteiger partial charge in [0.25, 0.3) is 0 Å². The summed E-state index contributed by atoms with van der Waals surface area (Å²) in [5.74, 6) is -1.42. The average Bonchev–Trinajstić information content (AvgIpc) is 2.16. The van der Waals surface area contributed by atoms with Crippen molar-refractivity contribution in [3.63, 3.8) is 0 Å². The predicted octanol–water partition coefficient (Wildman–Crippen LogP) is 1.23. The van der Waals surface area contributed by atoms with Gasteiger partial charge in [-0.3, -0.25) is 4.79 Å². The normalized spacial score (nSPS) is 12.5. The molecule has 1 rings (SSSR count). The fourth-order valence-corrected chi connectivity index (χ4v) is 0.972. The Bertz CT molecular complexity index is 312. The van der Waals surface area contributed by atoms with Gasteiger partial charge < -0.3 is 5.11 Å². The second kappa shape index (κ2) is 3.98. The third-order valence-corrected chi connectivity index (χ3v) is 1.92. The highest BCUT2D eigenvalue weighted by Gasteiger charge is 2.15. The highest BCUT2D eigenvalue weighted by atomic mass is 16.4. The van der Waals surface area contributed by atoms with Crippen molar-refractivity contribution in [3.05, 3.63) is 23.8 Å². The van der Waals surface area contributed by atoms with Crippen LogP contribution in [0.3, 0.4) is 0 Å². The Morgan fingerprint density at radius 1 is 1.62 bits per heavy atom. The summed E-state index contributed by atoms with van der Waals surface area (Å²) in [6.07, 6.45) is 2.20. The number of aromatic nitrogens is 2. The Morgan fingerprint density at radius 3 is 2.85 bits per heavy atom. The van der Waals surface area contributed by atoms with Crippen molar-refractivity contribution in [1.82, 2.24) is 9.97 Å². The van der Waals surface area contributed by atoms with Crippen molar-refractivity contribution in [3.8, 4) is 0 Å². The SMILES string of the molecule is CCc1cc(C(C)C(=O)O)ncn1. The van der Waals surface area contributed by atoms with Crippen LogP contribution in [0.5, 0.6) is 0 Å².